The first-order valence-corrected chi connectivity index (χ1v) is 11.8. The lowest BCUT2D eigenvalue weighted by atomic mass is 9.49. The number of nitrogens with one attached hydrogen (secondary N) is 1. The number of amides is 1. The molecule has 6 heteroatoms. The Morgan fingerprint density at radius 1 is 1.20 bits per heavy atom. The summed E-state index contributed by atoms with van der Waals surface area (Å²) in [4.78, 5) is 15.5. The van der Waals surface area contributed by atoms with Crippen LogP contribution in [0.4, 0.5) is 0 Å². The zero-order chi connectivity index (χ0) is 20.3. The number of hydrogen-bond donors (Lipinski definition) is 2. The monoisotopic (exact) mass is 407 g/mol. The van der Waals surface area contributed by atoms with E-state index in [-0.39, 0.29) is 11.9 Å². The lowest BCUT2D eigenvalue weighted by molar-refractivity contribution is -0.0503. The van der Waals surface area contributed by atoms with E-state index in [4.69, 9.17) is 10.8 Å². The summed E-state index contributed by atoms with van der Waals surface area (Å²) in [5.41, 5.74) is 9.04. The highest BCUT2D eigenvalue weighted by molar-refractivity contribution is 6.00. The molecule has 160 valence electrons. The Morgan fingerprint density at radius 2 is 1.93 bits per heavy atom. The lowest BCUT2D eigenvalue weighted by Crippen LogP contribution is -2.51. The van der Waals surface area contributed by atoms with E-state index in [0.29, 0.717) is 5.41 Å². The van der Waals surface area contributed by atoms with Gasteiger partial charge in [-0.2, -0.15) is 5.10 Å². The Morgan fingerprint density at radius 3 is 2.60 bits per heavy atom. The number of hydrogen-bond acceptors (Lipinski definition) is 4. The van der Waals surface area contributed by atoms with Crippen molar-refractivity contribution in [2.45, 2.75) is 57.5 Å². The van der Waals surface area contributed by atoms with Crippen LogP contribution in [0, 0.1) is 23.2 Å². The molecule has 5 fully saturated rings. The first-order chi connectivity index (χ1) is 14.6. The molecule has 1 amide bonds. The smallest absolute Gasteiger partial charge is 0.253 e. The van der Waals surface area contributed by atoms with Gasteiger partial charge in [0, 0.05) is 38.4 Å². The van der Waals surface area contributed by atoms with Crippen molar-refractivity contribution in [2.24, 2.45) is 28.9 Å². The van der Waals surface area contributed by atoms with Crippen molar-refractivity contribution in [1.29, 1.82) is 0 Å². The Balaban J connectivity index is 1.17. The first kappa shape index (κ1) is 18.8. The number of aromatic nitrogens is 2. The highest BCUT2D eigenvalue weighted by atomic mass is 16.1. The molecule has 6 nitrogen and oxygen atoms in total. The number of pyridine rings is 1. The molecule has 5 aliphatic rings. The van der Waals surface area contributed by atoms with Crippen LogP contribution in [-0.2, 0) is 6.54 Å². The maximum Gasteiger partial charge on any atom is 0.253 e. The number of fused-ring (bicyclic) bond motifs is 1. The molecule has 4 saturated carbocycles. The van der Waals surface area contributed by atoms with Crippen LogP contribution in [0.25, 0.3) is 5.52 Å². The molecule has 1 aliphatic heterocycles. The van der Waals surface area contributed by atoms with Crippen LogP contribution in [0.15, 0.2) is 24.4 Å². The van der Waals surface area contributed by atoms with Gasteiger partial charge in [0.1, 0.15) is 0 Å². The van der Waals surface area contributed by atoms with Gasteiger partial charge in [-0.3, -0.25) is 9.69 Å². The lowest BCUT2D eigenvalue weighted by Gasteiger charge is -2.56. The zero-order valence-corrected chi connectivity index (χ0v) is 17.7. The van der Waals surface area contributed by atoms with Gasteiger partial charge in [-0.25, -0.2) is 4.52 Å². The Hall–Kier alpha value is -1.92. The predicted molar refractivity (Wildman–Crippen MR) is 116 cm³/mol. The van der Waals surface area contributed by atoms with E-state index < -0.39 is 0 Å². The minimum atomic E-state index is 0.0472. The van der Waals surface area contributed by atoms with E-state index in [1.54, 1.807) is 0 Å². The van der Waals surface area contributed by atoms with E-state index in [2.05, 4.69) is 16.3 Å². The van der Waals surface area contributed by atoms with Crippen molar-refractivity contribution in [2.75, 3.05) is 19.6 Å². The molecule has 0 radical (unpaired) electrons. The van der Waals surface area contributed by atoms with E-state index in [9.17, 15) is 4.79 Å². The fourth-order valence-corrected chi connectivity index (χ4v) is 7.44. The van der Waals surface area contributed by atoms with Gasteiger partial charge >= 0.3 is 0 Å². The van der Waals surface area contributed by atoms with Crippen molar-refractivity contribution in [1.82, 2.24) is 19.8 Å². The molecule has 7 rings (SSSR count). The van der Waals surface area contributed by atoms with Crippen LogP contribution in [0.1, 0.15) is 61.0 Å². The van der Waals surface area contributed by atoms with Gasteiger partial charge in [-0.15, -0.1) is 0 Å². The van der Waals surface area contributed by atoms with Gasteiger partial charge in [0.2, 0.25) is 0 Å². The molecule has 0 spiro atoms. The summed E-state index contributed by atoms with van der Waals surface area (Å²) in [5.74, 6) is 2.78. The summed E-state index contributed by atoms with van der Waals surface area (Å²) in [6, 6.07) is 6.20. The summed E-state index contributed by atoms with van der Waals surface area (Å²) in [7, 11) is 0. The average Bonchev–Trinajstić information content (AvgIpc) is 3.30. The fraction of sp³-hybridized carbons (Fsp3) is 0.667. The second-order valence-electron chi connectivity index (χ2n) is 10.8. The van der Waals surface area contributed by atoms with Crippen molar-refractivity contribution >= 4 is 11.4 Å². The van der Waals surface area contributed by atoms with Gasteiger partial charge in [-0.1, -0.05) is 0 Å². The number of carbonyl (C=O) groups excluding carboxylic acids is 1. The second kappa shape index (κ2) is 7.06. The first-order valence-electron chi connectivity index (χ1n) is 11.8. The second-order valence-corrected chi connectivity index (χ2v) is 10.8. The minimum absolute atomic E-state index is 0.0472. The Labute approximate surface area is 178 Å². The number of likely N-dealkylation sites (tertiary alicyclic amines) is 1. The summed E-state index contributed by atoms with van der Waals surface area (Å²) in [5, 5.41) is 8.04. The van der Waals surface area contributed by atoms with Crippen molar-refractivity contribution in [3.05, 3.63) is 35.7 Å². The molecule has 4 aliphatic carbocycles. The number of nitrogens with zero attached hydrogens (tertiary/aromatic N) is 3. The van der Waals surface area contributed by atoms with Gasteiger partial charge in [0.25, 0.3) is 5.91 Å². The molecule has 1 saturated heterocycles. The van der Waals surface area contributed by atoms with E-state index in [1.165, 1.54) is 38.5 Å². The largest absolute Gasteiger partial charge is 0.351 e. The Kier molecular flexibility index (Phi) is 4.43. The third kappa shape index (κ3) is 3.34. The fourth-order valence-electron chi connectivity index (χ4n) is 7.44. The van der Waals surface area contributed by atoms with Crippen molar-refractivity contribution < 1.29 is 4.79 Å². The molecule has 4 bridgehead atoms. The maximum absolute atomic E-state index is 13.2. The standard InChI is InChI=1S/C24H33N5O/c25-19-3-5-28(13-19)14-20-9-22-21(2-1-4-29(22)27-20)23(30)26-15-24-10-16-6-17(11-24)8-18(7-16)12-24/h1-2,4,9,16-19H,3,5-8,10-15,25H2,(H,26,30)/t16?,17?,18?,19-,24?/m1/s1. The molecule has 0 aromatic carbocycles. The normalized spacial score (nSPS) is 35.4. The van der Waals surface area contributed by atoms with Crippen LogP contribution >= 0.6 is 0 Å². The minimum Gasteiger partial charge on any atom is -0.351 e. The van der Waals surface area contributed by atoms with Gasteiger partial charge in [0.15, 0.2) is 0 Å². The van der Waals surface area contributed by atoms with Crippen LogP contribution in [0.3, 0.4) is 0 Å². The summed E-state index contributed by atoms with van der Waals surface area (Å²) >= 11 is 0. The molecule has 0 unspecified atom stereocenters. The summed E-state index contributed by atoms with van der Waals surface area (Å²) in [6.07, 6.45) is 11.2. The number of carbonyl (C=O) groups is 1. The summed E-state index contributed by atoms with van der Waals surface area (Å²) in [6.45, 7) is 3.58. The van der Waals surface area contributed by atoms with Crippen molar-refractivity contribution in [3.8, 4) is 0 Å². The number of rotatable bonds is 5. The van der Waals surface area contributed by atoms with Gasteiger partial charge in [0.05, 0.1) is 16.8 Å². The average molecular weight is 408 g/mol. The van der Waals surface area contributed by atoms with Crippen LogP contribution in [0.5, 0.6) is 0 Å². The van der Waals surface area contributed by atoms with E-state index in [0.717, 1.165) is 67.1 Å². The van der Waals surface area contributed by atoms with Crippen LogP contribution in [0.2, 0.25) is 0 Å². The molecule has 3 N–H and O–H groups in total. The SMILES string of the molecule is N[C@@H]1CCN(Cc2cc3c(C(=O)NCC45CC6CC(CC(C6)C4)C5)cccn3n2)C1. The highest BCUT2D eigenvalue weighted by Crippen LogP contribution is 2.59. The third-order valence-corrected chi connectivity index (χ3v) is 8.28. The topological polar surface area (TPSA) is 75.7 Å². The number of nitrogens with two attached hydrogens (primary N) is 1. The molecule has 30 heavy (non-hydrogen) atoms. The maximum atomic E-state index is 13.2. The van der Waals surface area contributed by atoms with Gasteiger partial charge < -0.3 is 11.1 Å². The predicted octanol–water partition coefficient (Wildman–Crippen LogP) is 2.81. The van der Waals surface area contributed by atoms with Gasteiger partial charge in [-0.05, 0) is 86.3 Å². The molecular weight excluding hydrogens is 374 g/mol. The van der Waals surface area contributed by atoms with Crippen molar-refractivity contribution in [3.63, 3.8) is 0 Å². The van der Waals surface area contributed by atoms with Crippen LogP contribution in [-0.4, -0.2) is 46.1 Å². The van der Waals surface area contributed by atoms with E-state index >= 15 is 0 Å². The zero-order valence-electron chi connectivity index (χ0n) is 17.7. The molecule has 3 heterocycles. The van der Waals surface area contributed by atoms with Crippen LogP contribution < -0.4 is 11.1 Å². The molecule has 2 aromatic heterocycles. The highest BCUT2D eigenvalue weighted by Gasteiger charge is 2.50. The Bertz CT molecular complexity index is 930. The molecule has 1 atom stereocenters. The molecular formula is C24H33N5O. The summed E-state index contributed by atoms with van der Waals surface area (Å²) < 4.78 is 1.85. The van der Waals surface area contributed by atoms with E-state index in [1.807, 2.05) is 22.8 Å². The third-order valence-electron chi connectivity index (χ3n) is 8.28. The molecule has 2 aromatic rings. The quantitative estimate of drug-likeness (QED) is 0.799.